The van der Waals surface area contributed by atoms with Gasteiger partial charge in [0.1, 0.15) is 5.75 Å². The number of ether oxygens (including phenoxy) is 1. The topological polar surface area (TPSA) is 41.6 Å². The van der Waals surface area contributed by atoms with Crippen molar-refractivity contribution in [2.45, 2.75) is 13.8 Å². The van der Waals surface area contributed by atoms with Gasteiger partial charge in [0.05, 0.1) is 0 Å². The van der Waals surface area contributed by atoms with Gasteiger partial charge >= 0.3 is 6.09 Å². The van der Waals surface area contributed by atoms with Gasteiger partial charge in [0.25, 0.3) is 0 Å². The Hall–Kier alpha value is -1.71. The summed E-state index contributed by atoms with van der Waals surface area (Å²) in [7, 11) is 3.96. The zero-order valence-corrected chi connectivity index (χ0v) is 10.2. The highest BCUT2D eigenvalue weighted by Crippen LogP contribution is 2.23. The summed E-state index contributed by atoms with van der Waals surface area (Å²) in [5.41, 5.74) is 2.19. The Morgan fingerprint density at radius 2 is 2.12 bits per heavy atom. The van der Waals surface area contributed by atoms with Gasteiger partial charge in [-0.3, -0.25) is 0 Å². The summed E-state index contributed by atoms with van der Waals surface area (Å²) >= 11 is 0. The highest BCUT2D eigenvalue weighted by Gasteiger charge is 2.05. The molecule has 0 spiro atoms. The van der Waals surface area contributed by atoms with Crippen LogP contribution in [0.5, 0.6) is 5.75 Å². The molecule has 0 aromatic heterocycles. The second kappa shape index (κ2) is 5.39. The number of benzene rings is 1. The van der Waals surface area contributed by atoms with E-state index in [4.69, 9.17) is 4.74 Å². The van der Waals surface area contributed by atoms with Crippen LogP contribution in [0.2, 0.25) is 0 Å². The molecule has 0 radical (unpaired) electrons. The van der Waals surface area contributed by atoms with E-state index in [2.05, 4.69) is 5.32 Å². The number of rotatable bonds is 3. The summed E-state index contributed by atoms with van der Waals surface area (Å²) in [6.07, 6.45) is -0.417. The molecule has 0 aliphatic heterocycles. The van der Waals surface area contributed by atoms with Crippen molar-refractivity contribution in [3.8, 4) is 5.75 Å². The van der Waals surface area contributed by atoms with Gasteiger partial charge in [0.2, 0.25) is 0 Å². The van der Waals surface area contributed by atoms with Crippen LogP contribution in [-0.2, 0) is 0 Å². The standard InChI is InChI=1S/C12H18N2O2/c1-5-13-12(15)16-10-6-7-11(14(3)4)9(2)8-10/h6-8H,5H2,1-4H3,(H,13,15). The molecule has 0 bridgehead atoms. The van der Waals surface area contributed by atoms with Crippen LogP contribution < -0.4 is 15.0 Å². The number of carbonyl (C=O) groups is 1. The smallest absolute Gasteiger partial charge is 0.410 e. The first-order chi connectivity index (χ1) is 7.54. The van der Waals surface area contributed by atoms with Gasteiger partial charge in [0.15, 0.2) is 0 Å². The summed E-state index contributed by atoms with van der Waals surface area (Å²) in [6.45, 7) is 4.40. The number of carbonyl (C=O) groups excluding carboxylic acids is 1. The summed E-state index contributed by atoms with van der Waals surface area (Å²) in [5.74, 6) is 0.564. The fourth-order valence-corrected chi connectivity index (χ4v) is 1.48. The van der Waals surface area contributed by atoms with Crippen molar-refractivity contribution in [1.29, 1.82) is 0 Å². The number of nitrogens with one attached hydrogen (secondary N) is 1. The van der Waals surface area contributed by atoms with Crippen LogP contribution in [0.3, 0.4) is 0 Å². The molecule has 1 rings (SSSR count). The van der Waals surface area contributed by atoms with Crippen molar-refractivity contribution in [3.05, 3.63) is 23.8 Å². The van der Waals surface area contributed by atoms with Crippen LogP contribution >= 0.6 is 0 Å². The van der Waals surface area contributed by atoms with Crippen molar-refractivity contribution in [1.82, 2.24) is 5.32 Å². The first-order valence-corrected chi connectivity index (χ1v) is 5.28. The van der Waals surface area contributed by atoms with E-state index in [0.29, 0.717) is 12.3 Å². The molecular formula is C12H18N2O2. The first kappa shape index (κ1) is 12.4. The molecule has 0 saturated heterocycles. The molecule has 1 amide bonds. The van der Waals surface area contributed by atoms with Crippen molar-refractivity contribution in [2.75, 3.05) is 25.5 Å². The molecule has 1 aromatic carbocycles. The highest BCUT2D eigenvalue weighted by atomic mass is 16.5. The average Bonchev–Trinajstić information content (AvgIpc) is 2.17. The maximum atomic E-state index is 11.2. The highest BCUT2D eigenvalue weighted by molar-refractivity contribution is 5.70. The third kappa shape index (κ3) is 3.15. The van der Waals surface area contributed by atoms with E-state index in [1.807, 2.05) is 45.0 Å². The number of hydrogen-bond donors (Lipinski definition) is 1. The Morgan fingerprint density at radius 3 is 2.62 bits per heavy atom. The van der Waals surface area contributed by atoms with Crippen LogP contribution in [0.1, 0.15) is 12.5 Å². The van der Waals surface area contributed by atoms with Crippen molar-refractivity contribution >= 4 is 11.8 Å². The summed E-state index contributed by atoms with van der Waals surface area (Å²) < 4.78 is 5.10. The summed E-state index contributed by atoms with van der Waals surface area (Å²) in [6, 6.07) is 5.58. The molecule has 0 saturated carbocycles. The molecule has 0 aliphatic carbocycles. The normalized spacial score (nSPS) is 9.75. The predicted octanol–water partition coefficient (Wildman–Crippen LogP) is 2.17. The largest absolute Gasteiger partial charge is 0.412 e. The maximum Gasteiger partial charge on any atom is 0.412 e. The second-order valence-electron chi connectivity index (χ2n) is 3.76. The van der Waals surface area contributed by atoms with Crippen LogP contribution in [-0.4, -0.2) is 26.7 Å². The van der Waals surface area contributed by atoms with E-state index in [9.17, 15) is 4.79 Å². The lowest BCUT2D eigenvalue weighted by atomic mass is 10.2. The molecule has 0 unspecified atom stereocenters. The second-order valence-corrected chi connectivity index (χ2v) is 3.76. The first-order valence-electron chi connectivity index (χ1n) is 5.28. The zero-order valence-electron chi connectivity index (χ0n) is 10.2. The van der Waals surface area contributed by atoms with E-state index in [-0.39, 0.29) is 0 Å². The van der Waals surface area contributed by atoms with Gasteiger partial charge in [-0.2, -0.15) is 0 Å². The Morgan fingerprint density at radius 1 is 1.44 bits per heavy atom. The van der Waals surface area contributed by atoms with Crippen molar-refractivity contribution in [2.24, 2.45) is 0 Å². The lowest BCUT2D eigenvalue weighted by Crippen LogP contribution is -2.26. The molecule has 1 N–H and O–H groups in total. The van der Waals surface area contributed by atoms with Crippen LogP contribution in [0.15, 0.2) is 18.2 Å². The van der Waals surface area contributed by atoms with Crippen molar-refractivity contribution in [3.63, 3.8) is 0 Å². The van der Waals surface area contributed by atoms with Gasteiger partial charge in [-0.05, 0) is 37.6 Å². The number of hydrogen-bond acceptors (Lipinski definition) is 3. The van der Waals surface area contributed by atoms with Gasteiger partial charge in [-0.25, -0.2) is 4.79 Å². The Labute approximate surface area is 96.2 Å². The minimum Gasteiger partial charge on any atom is -0.410 e. The van der Waals surface area contributed by atoms with Crippen LogP contribution in [0, 0.1) is 6.92 Å². The molecular weight excluding hydrogens is 204 g/mol. The molecule has 0 fully saturated rings. The predicted molar refractivity (Wildman–Crippen MR) is 65.2 cm³/mol. The molecule has 88 valence electrons. The zero-order chi connectivity index (χ0) is 12.1. The van der Waals surface area contributed by atoms with Crippen molar-refractivity contribution < 1.29 is 9.53 Å². The lowest BCUT2D eigenvalue weighted by molar-refractivity contribution is 0.201. The van der Waals surface area contributed by atoms with Gasteiger partial charge in [-0.15, -0.1) is 0 Å². The Balaban J connectivity index is 2.77. The average molecular weight is 222 g/mol. The van der Waals surface area contributed by atoms with Crippen LogP contribution in [0.25, 0.3) is 0 Å². The van der Waals surface area contributed by atoms with Crippen LogP contribution in [0.4, 0.5) is 10.5 Å². The third-order valence-corrected chi connectivity index (χ3v) is 2.18. The van der Waals surface area contributed by atoms with E-state index in [0.717, 1.165) is 11.3 Å². The molecule has 16 heavy (non-hydrogen) atoms. The fourth-order valence-electron chi connectivity index (χ4n) is 1.48. The Bertz CT molecular complexity index is 375. The van der Waals surface area contributed by atoms with Gasteiger partial charge in [0, 0.05) is 26.3 Å². The Kier molecular flexibility index (Phi) is 4.17. The molecule has 0 aliphatic rings. The van der Waals surface area contributed by atoms with Gasteiger partial charge in [-0.1, -0.05) is 0 Å². The quantitative estimate of drug-likeness (QED) is 0.852. The minimum absolute atomic E-state index is 0.417. The number of anilines is 1. The number of aryl methyl sites for hydroxylation is 1. The molecule has 4 heteroatoms. The van der Waals surface area contributed by atoms with E-state index in [1.165, 1.54) is 0 Å². The summed E-state index contributed by atoms with van der Waals surface area (Å²) in [5, 5.41) is 2.58. The lowest BCUT2D eigenvalue weighted by Gasteiger charge is -2.16. The molecule has 1 aromatic rings. The van der Waals surface area contributed by atoms with Gasteiger partial charge < -0.3 is 15.0 Å². The third-order valence-electron chi connectivity index (χ3n) is 2.18. The van der Waals surface area contributed by atoms with E-state index < -0.39 is 6.09 Å². The van der Waals surface area contributed by atoms with E-state index in [1.54, 1.807) is 6.07 Å². The maximum absolute atomic E-state index is 11.2. The molecule has 0 atom stereocenters. The minimum atomic E-state index is -0.417. The SMILES string of the molecule is CCNC(=O)Oc1ccc(N(C)C)c(C)c1. The number of nitrogens with zero attached hydrogens (tertiary/aromatic N) is 1. The number of amides is 1. The summed E-state index contributed by atoms with van der Waals surface area (Å²) in [4.78, 5) is 13.2. The monoisotopic (exact) mass is 222 g/mol. The molecule has 0 heterocycles. The fraction of sp³-hybridized carbons (Fsp3) is 0.417. The molecule has 4 nitrogen and oxygen atoms in total. The van der Waals surface area contributed by atoms with E-state index >= 15 is 0 Å².